The first-order chi connectivity index (χ1) is 15.0. The van der Waals surface area contributed by atoms with Crippen molar-refractivity contribution < 1.29 is 22.4 Å². The Morgan fingerprint density at radius 3 is 2.12 bits per heavy atom. The van der Waals surface area contributed by atoms with Crippen molar-refractivity contribution in [3.8, 4) is 0 Å². The summed E-state index contributed by atoms with van der Waals surface area (Å²) in [7, 11) is -5.74. The van der Waals surface area contributed by atoms with Gasteiger partial charge in [-0.1, -0.05) is 59.7 Å². The number of likely N-dealkylation sites (tertiary alicyclic amines) is 1. The average molecular weight is 484 g/mol. The van der Waals surface area contributed by atoms with Crippen LogP contribution in [-0.2, 0) is 23.8 Å². The van der Waals surface area contributed by atoms with Crippen molar-refractivity contribution in [3.05, 3.63) is 30.3 Å². The number of carbonyl (C=O) groups excluding carboxylic acids is 1. The van der Waals surface area contributed by atoms with E-state index in [0.717, 1.165) is 6.42 Å². The van der Waals surface area contributed by atoms with E-state index in [1.54, 1.807) is 37.3 Å². The van der Waals surface area contributed by atoms with Gasteiger partial charge in [0.2, 0.25) is 8.32 Å². The summed E-state index contributed by atoms with van der Waals surface area (Å²) in [6.07, 6.45) is 0.497. The maximum Gasteiger partial charge on any atom is 0.320 e. The molecule has 1 aliphatic rings. The Kier molecular flexibility index (Phi) is 9.52. The summed E-state index contributed by atoms with van der Waals surface area (Å²) in [5.41, 5.74) is 1.19. The summed E-state index contributed by atoms with van der Waals surface area (Å²) < 4.78 is 38.7. The number of rotatable bonds is 11. The molecule has 1 aromatic rings. The van der Waals surface area contributed by atoms with Gasteiger partial charge in [-0.2, -0.15) is 0 Å². The first-order valence-corrected chi connectivity index (χ1v) is 15.6. The van der Waals surface area contributed by atoms with Gasteiger partial charge in [0.05, 0.1) is 29.9 Å². The molecule has 1 aliphatic heterocycles. The lowest BCUT2D eigenvalue weighted by Crippen LogP contribution is -2.54. The molecule has 0 amide bonds. The normalized spacial score (nSPS) is 20.4. The van der Waals surface area contributed by atoms with Crippen molar-refractivity contribution in [1.29, 1.82) is 0 Å². The topological polar surface area (TPSA) is 72.9 Å². The van der Waals surface area contributed by atoms with Crippen LogP contribution >= 0.6 is 0 Å². The molecule has 2 rings (SSSR count). The lowest BCUT2D eigenvalue weighted by molar-refractivity contribution is -0.144. The standard InChI is InChI=1S/C24H41NO5SSi/c1-8-29-24(26)16-25-15-14-23(30-32(18(2)3,19(4)5)20(6)7)22(25)17-31(27,28)21-12-10-9-11-13-21/h9-13,18-20,22-23H,8,14-17H2,1-7H3/t22-,23+/m0/s1. The summed E-state index contributed by atoms with van der Waals surface area (Å²) in [5.74, 6) is -0.393. The fourth-order valence-corrected chi connectivity index (χ4v) is 12.7. The minimum absolute atomic E-state index is 0.0696. The zero-order valence-corrected chi connectivity index (χ0v) is 22.5. The van der Waals surface area contributed by atoms with Gasteiger partial charge in [-0.3, -0.25) is 9.69 Å². The van der Waals surface area contributed by atoms with Gasteiger partial charge in [-0.25, -0.2) is 8.42 Å². The van der Waals surface area contributed by atoms with Gasteiger partial charge in [-0.05, 0) is 42.1 Å². The summed E-state index contributed by atoms with van der Waals surface area (Å²) in [6, 6.07) is 8.16. The summed E-state index contributed by atoms with van der Waals surface area (Å²) in [6.45, 7) is 16.2. The van der Waals surface area contributed by atoms with E-state index in [1.165, 1.54) is 0 Å². The highest BCUT2D eigenvalue weighted by atomic mass is 32.2. The Balaban J connectivity index is 2.39. The number of ether oxygens (including phenoxy) is 1. The third-order valence-electron chi connectivity index (χ3n) is 6.79. The molecule has 1 aromatic carbocycles. The van der Waals surface area contributed by atoms with E-state index in [2.05, 4.69) is 41.5 Å². The molecule has 1 heterocycles. The molecule has 2 atom stereocenters. The van der Waals surface area contributed by atoms with E-state index in [0.29, 0.717) is 34.7 Å². The lowest BCUT2D eigenvalue weighted by atomic mass is 10.2. The predicted molar refractivity (Wildman–Crippen MR) is 131 cm³/mol. The van der Waals surface area contributed by atoms with Gasteiger partial charge in [-0.15, -0.1) is 0 Å². The van der Waals surface area contributed by atoms with Crippen LogP contribution in [0.5, 0.6) is 0 Å². The summed E-state index contributed by atoms with van der Waals surface area (Å²) in [5, 5.41) is 0. The molecule has 1 fully saturated rings. The molecular formula is C24H41NO5SSi. The van der Waals surface area contributed by atoms with Gasteiger partial charge >= 0.3 is 5.97 Å². The molecule has 6 nitrogen and oxygen atoms in total. The zero-order valence-electron chi connectivity index (χ0n) is 20.7. The van der Waals surface area contributed by atoms with E-state index in [4.69, 9.17) is 9.16 Å². The molecule has 8 heteroatoms. The van der Waals surface area contributed by atoms with E-state index in [9.17, 15) is 13.2 Å². The third kappa shape index (κ3) is 6.01. The van der Waals surface area contributed by atoms with E-state index in [-0.39, 0.29) is 30.4 Å². The highest BCUT2D eigenvalue weighted by Gasteiger charge is 2.50. The van der Waals surface area contributed by atoms with Gasteiger partial charge in [0.1, 0.15) is 0 Å². The smallest absolute Gasteiger partial charge is 0.320 e. The van der Waals surface area contributed by atoms with Crippen molar-refractivity contribution in [2.45, 2.75) is 88.6 Å². The van der Waals surface area contributed by atoms with Crippen LogP contribution in [-0.4, -0.2) is 65.2 Å². The monoisotopic (exact) mass is 483 g/mol. The SMILES string of the molecule is CCOC(=O)CN1CC[C@@H](O[Si](C(C)C)(C(C)C)C(C)C)[C@@H]1CS(=O)(=O)c1ccccc1. The lowest BCUT2D eigenvalue weighted by Gasteiger charge is -2.45. The zero-order chi connectivity index (χ0) is 24.1. The molecule has 32 heavy (non-hydrogen) atoms. The molecule has 0 unspecified atom stereocenters. The summed E-state index contributed by atoms with van der Waals surface area (Å²) in [4.78, 5) is 14.5. The molecule has 0 radical (unpaired) electrons. The van der Waals surface area contributed by atoms with Crippen LogP contribution < -0.4 is 0 Å². The van der Waals surface area contributed by atoms with Gasteiger partial charge in [0.25, 0.3) is 0 Å². The second kappa shape index (κ2) is 11.3. The number of nitrogens with zero attached hydrogens (tertiary/aromatic N) is 1. The molecule has 0 spiro atoms. The number of carbonyl (C=O) groups is 1. The van der Waals surface area contributed by atoms with Crippen LogP contribution in [0.15, 0.2) is 35.2 Å². The fourth-order valence-electron chi connectivity index (χ4n) is 5.42. The molecule has 182 valence electrons. The maximum absolute atomic E-state index is 13.3. The number of benzene rings is 1. The molecule has 0 N–H and O–H groups in total. The second-order valence-electron chi connectivity index (χ2n) is 9.70. The van der Waals surface area contributed by atoms with Crippen molar-refractivity contribution in [3.63, 3.8) is 0 Å². The molecule has 0 saturated carbocycles. The Hall–Kier alpha value is -1.22. The summed E-state index contributed by atoms with van der Waals surface area (Å²) >= 11 is 0. The van der Waals surface area contributed by atoms with E-state index < -0.39 is 18.2 Å². The van der Waals surface area contributed by atoms with Crippen LogP contribution in [0.2, 0.25) is 16.6 Å². The van der Waals surface area contributed by atoms with Crippen LogP contribution in [0.4, 0.5) is 0 Å². The molecule has 1 saturated heterocycles. The number of esters is 1. The minimum atomic E-state index is -3.53. The van der Waals surface area contributed by atoms with Crippen molar-refractivity contribution in [2.24, 2.45) is 0 Å². The molecule has 0 aromatic heterocycles. The molecule has 0 aliphatic carbocycles. The fraction of sp³-hybridized carbons (Fsp3) is 0.708. The van der Waals surface area contributed by atoms with E-state index in [1.807, 2.05) is 4.90 Å². The highest BCUT2D eigenvalue weighted by Crippen LogP contribution is 2.44. The first kappa shape index (κ1) is 27.0. The largest absolute Gasteiger partial charge is 0.465 e. The van der Waals surface area contributed by atoms with Crippen LogP contribution in [0.1, 0.15) is 54.9 Å². The van der Waals surface area contributed by atoms with E-state index >= 15 is 0 Å². The Bertz CT molecular complexity index is 819. The minimum Gasteiger partial charge on any atom is -0.465 e. The number of hydrogen-bond donors (Lipinski definition) is 0. The van der Waals surface area contributed by atoms with Crippen LogP contribution in [0.25, 0.3) is 0 Å². The Labute approximate surface area is 195 Å². The first-order valence-electron chi connectivity index (χ1n) is 11.8. The van der Waals surface area contributed by atoms with Crippen molar-refractivity contribution in [1.82, 2.24) is 4.90 Å². The third-order valence-corrected chi connectivity index (χ3v) is 14.7. The van der Waals surface area contributed by atoms with Crippen LogP contribution in [0, 0.1) is 0 Å². The molecule has 0 bridgehead atoms. The number of hydrogen-bond acceptors (Lipinski definition) is 6. The predicted octanol–water partition coefficient (Wildman–Crippen LogP) is 4.66. The average Bonchev–Trinajstić information content (AvgIpc) is 3.06. The maximum atomic E-state index is 13.3. The highest BCUT2D eigenvalue weighted by molar-refractivity contribution is 7.91. The number of sulfone groups is 1. The van der Waals surface area contributed by atoms with Crippen LogP contribution in [0.3, 0.4) is 0 Å². The van der Waals surface area contributed by atoms with Crippen molar-refractivity contribution >= 4 is 24.1 Å². The van der Waals surface area contributed by atoms with Crippen molar-refractivity contribution in [2.75, 3.05) is 25.4 Å². The quantitative estimate of drug-likeness (QED) is 0.337. The van der Waals surface area contributed by atoms with Gasteiger partial charge in [0, 0.05) is 12.6 Å². The Morgan fingerprint density at radius 1 is 1.06 bits per heavy atom. The Morgan fingerprint density at radius 2 is 1.62 bits per heavy atom. The van der Waals surface area contributed by atoms with Gasteiger partial charge < -0.3 is 9.16 Å². The second-order valence-corrected chi connectivity index (χ2v) is 17.1. The van der Waals surface area contributed by atoms with Gasteiger partial charge in [0.15, 0.2) is 9.84 Å². The molecular weight excluding hydrogens is 442 g/mol.